The molecule has 0 unspecified atom stereocenters. The number of alkyl halides is 8. The highest BCUT2D eigenvalue weighted by Crippen LogP contribution is 2.47. The summed E-state index contributed by atoms with van der Waals surface area (Å²) in [6.45, 7) is 0. The Bertz CT molecular complexity index is 936. The third-order valence-corrected chi connectivity index (χ3v) is 7.40. The van der Waals surface area contributed by atoms with E-state index >= 15 is 0 Å². The van der Waals surface area contributed by atoms with Crippen LogP contribution in [0.3, 0.4) is 0 Å². The molecule has 0 heterocycles. The molecule has 0 spiro atoms. The van der Waals surface area contributed by atoms with Gasteiger partial charge in [-0.1, -0.05) is 0 Å². The third-order valence-electron chi connectivity index (χ3n) is 2.13. The third kappa shape index (κ3) is 3.84. The molecule has 0 saturated carbocycles. The summed E-state index contributed by atoms with van der Waals surface area (Å²) in [5.41, 5.74) is 0. The molecular formula is C4H2F8O11S4. The zero-order chi connectivity index (χ0) is 22.7. The van der Waals surface area contributed by atoms with E-state index < -0.39 is 61.5 Å². The molecule has 0 bridgehead atoms. The van der Waals surface area contributed by atoms with Crippen molar-refractivity contribution in [3.8, 4) is 0 Å². The SMILES string of the molecule is O=S(=O)(O)C(F)(F)C(F)(F)S(=O)(=O)OS(=O)(=O)C(F)(F)C(F)(F)S(=O)(=O)O. The molecule has 0 amide bonds. The quantitative estimate of drug-likeness (QED) is 0.328. The van der Waals surface area contributed by atoms with Crippen molar-refractivity contribution in [1.82, 2.24) is 0 Å². The molecule has 0 aromatic rings. The van der Waals surface area contributed by atoms with E-state index in [1.165, 1.54) is 0 Å². The fourth-order valence-electron chi connectivity index (χ4n) is 0.795. The van der Waals surface area contributed by atoms with Crippen molar-refractivity contribution in [3.63, 3.8) is 0 Å². The molecule has 0 saturated heterocycles. The summed E-state index contributed by atoms with van der Waals surface area (Å²) in [4.78, 5) is 0. The zero-order valence-corrected chi connectivity index (χ0v) is 14.5. The summed E-state index contributed by atoms with van der Waals surface area (Å²) < 4.78 is 204. The van der Waals surface area contributed by atoms with Gasteiger partial charge in [0.2, 0.25) is 0 Å². The molecule has 23 heteroatoms. The predicted octanol–water partition coefficient (Wildman–Crippen LogP) is -0.191. The summed E-state index contributed by atoms with van der Waals surface area (Å²) in [5, 5.41) is -29.1. The Balaban J connectivity index is 6.53. The minimum Gasteiger partial charge on any atom is -0.281 e. The van der Waals surface area contributed by atoms with Crippen molar-refractivity contribution in [2.45, 2.75) is 21.0 Å². The Morgan fingerprint density at radius 1 is 0.481 bits per heavy atom. The summed E-state index contributed by atoms with van der Waals surface area (Å²) in [7, 11) is -31.1. The monoisotopic (exact) mass is 506 g/mol. The number of hydrogen-bond acceptors (Lipinski definition) is 9. The van der Waals surface area contributed by atoms with E-state index in [1.54, 1.807) is 0 Å². The Morgan fingerprint density at radius 2 is 0.667 bits per heavy atom. The maximum Gasteiger partial charge on any atom is 0.451 e. The highest BCUT2D eigenvalue weighted by Gasteiger charge is 2.79. The van der Waals surface area contributed by atoms with Gasteiger partial charge in [0, 0.05) is 0 Å². The average Bonchev–Trinajstić information content (AvgIpc) is 2.33. The molecule has 0 aromatic carbocycles. The van der Waals surface area contributed by atoms with Crippen LogP contribution in [0.1, 0.15) is 0 Å². The van der Waals surface area contributed by atoms with Crippen molar-refractivity contribution in [2.24, 2.45) is 0 Å². The number of halogens is 8. The van der Waals surface area contributed by atoms with E-state index in [2.05, 4.69) is 0 Å². The van der Waals surface area contributed by atoms with Crippen molar-refractivity contribution in [3.05, 3.63) is 0 Å². The van der Waals surface area contributed by atoms with E-state index in [0.717, 1.165) is 0 Å². The minimum atomic E-state index is -8.15. The molecule has 0 aliphatic rings. The average molecular weight is 506 g/mol. The Morgan fingerprint density at radius 3 is 0.815 bits per heavy atom. The van der Waals surface area contributed by atoms with Crippen LogP contribution in [-0.2, 0) is 44.1 Å². The van der Waals surface area contributed by atoms with Gasteiger partial charge in [-0.2, -0.15) is 68.8 Å². The lowest BCUT2D eigenvalue weighted by Crippen LogP contribution is -2.56. The largest absolute Gasteiger partial charge is 0.451 e. The normalized spacial score (nSPS) is 16.4. The lowest BCUT2D eigenvalue weighted by atomic mass is 10.7. The van der Waals surface area contributed by atoms with Crippen LogP contribution in [0.25, 0.3) is 0 Å². The molecule has 0 fully saturated rings. The Hall–Kier alpha value is -0.880. The van der Waals surface area contributed by atoms with E-state index in [-0.39, 0.29) is 0 Å². The summed E-state index contributed by atoms with van der Waals surface area (Å²) in [5.74, 6) is 0. The Kier molecular flexibility index (Phi) is 6.11. The van der Waals surface area contributed by atoms with Gasteiger partial charge in [-0.15, -0.1) is 3.63 Å². The van der Waals surface area contributed by atoms with Gasteiger partial charge >= 0.3 is 61.5 Å². The van der Waals surface area contributed by atoms with Crippen LogP contribution >= 0.6 is 0 Å². The van der Waals surface area contributed by atoms with Crippen LogP contribution in [0, 0.1) is 0 Å². The maximum absolute atomic E-state index is 13.1. The molecule has 27 heavy (non-hydrogen) atoms. The lowest BCUT2D eigenvalue weighted by Gasteiger charge is -2.25. The fourth-order valence-corrected chi connectivity index (χ4v) is 4.85. The molecular weight excluding hydrogens is 504 g/mol. The predicted molar refractivity (Wildman–Crippen MR) is 61.8 cm³/mol. The van der Waals surface area contributed by atoms with Crippen LogP contribution in [0.5, 0.6) is 0 Å². The van der Waals surface area contributed by atoms with Crippen LogP contribution in [0.2, 0.25) is 0 Å². The Labute approximate surface area is 143 Å². The van der Waals surface area contributed by atoms with Gasteiger partial charge in [0.1, 0.15) is 0 Å². The van der Waals surface area contributed by atoms with Crippen LogP contribution in [-0.4, -0.2) is 63.8 Å². The van der Waals surface area contributed by atoms with Crippen LogP contribution < -0.4 is 0 Å². The second kappa shape index (κ2) is 6.31. The number of hydrogen-bond donors (Lipinski definition) is 2. The zero-order valence-electron chi connectivity index (χ0n) is 11.2. The fraction of sp³-hybridized carbons (Fsp3) is 1.00. The molecule has 164 valence electrons. The minimum absolute atomic E-state index is 1.85. The smallest absolute Gasteiger partial charge is 0.281 e. The van der Waals surface area contributed by atoms with Gasteiger partial charge in [0.25, 0.3) is 0 Å². The molecule has 0 aliphatic carbocycles. The van der Waals surface area contributed by atoms with E-state index in [4.69, 9.17) is 9.11 Å². The molecule has 11 nitrogen and oxygen atoms in total. The van der Waals surface area contributed by atoms with Gasteiger partial charge in [-0.05, 0) is 0 Å². The van der Waals surface area contributed by atoms with Gasteiger partial charge in [0.05, 0.1) is 0 Å². The first-order chi connectivity index (χ1) is 11.2. The molecule has 0 atom stereocenters. The van der Waals surface area contributed by atoms with E-state index in [0.29, 0.717) is 0 Å². The summed E-state index contributed by atoms with van der Waals surface area (Å²) >= 11 is 0. The summed E-state index contributed by atoms with van der Waals surface area (Å²) in [6, 6.07) is 0. The first-order valence-corrected chi connectivity index (χ1v) is 10.6. The van der Waals surface area contributed by atoms with Gasteiger partial charge < -0.3 is 0 Å². The van der Waals surface area contributed by atoms with Crippen molar-refractivity contribution in [1.29, 1.82) is 0 Å². The van der Waals surface area contributed by atoms with Crippen LogP contribution in [0.15, 0.2) is 0 Å². The molecule has 0 aromatic heterocycles. The van der Waals surface area contributed by atoms with Gasteiger partial charge in [-0.25, -0.2) is 0 Å². The van der Waals surface area contributed by atoms with E-state index in [1.807, 2.05) is 3.63 Å². The van der Waals surface area contributed by atoms with Crippen molar-refractivity contribution in [2.75, 3.05) is 0 Å². The second-order valence-electron chi connectivity index (χ2n) is 3.99. The molecule has 0 aliphatic heterocycles. The van der Waals surface area contributed by atoms with Crippen molar-refractivity contribution < 1.29 is 81.5 Å². The second-order valence-corrected chi connectivity index (χ2v) is 10.3. The number of rotatable bonds is 8. The van der Waals surface area contributed by atoms with Gasteiger partial charge in [-0.3, -0.25) is 9.11 Å². The first kappa shape index (κ1) is 26.1. The molecule has 0 rings (SSSR count). The standard InChI is InChI=1S/C4H2F8O11S4/c5-1(6,24(13,14)15)3(9,10)26(19,20)23-27(21,22)4(11,12)2(7,8)25(16,17)18/h(H,13,14,15)(H,16,17,18). The molecule has 0 radical (unpaired) electrons. The first-order valence-electron chi connectivity index (χ1n) is 4.86. The molecule has 2 N–H and O–H groups in total. The topological polar surface area (TPSA) is 186 Å². The van der Waals surface area contributed by atoms with Crippen LogP contribution in [0.4, 0.5) is 35.1 Å². The van der Waals surface area contributed by atoms with Crippen molar-refractivity contribution >= 4 is 40.5 Å². The maximum atomic E-state index is 13.1. The van der Waals surface area contributed by atoms with E-state index in [9.17, 15) is 68.8 Å². The lowest BCUT2D eigenvalue weighted by molar-refractivity contribution is -0.110. The summed E-state index contributed by atoms with van der Waals surface area (Å²) in [6.07, 6.45) is 0. The highest BCUT2D eigenvalue weighted by atomic mass is 32.3. The highest BCUT2D eigenvalue weighted by molar-refractivity contribution is 8.02. The van der Waals surface area contributed by atoms with Gasteiger partial charge in [0.15, 0.2) is 0 Å².